The van der Waals surface area contributed by atoms with E-state index >= 15 is 0 Å². The van der Waals surface area contributed by atoms with Gasteiger partial charge in [0.05, 0.1) is 17.8 Å². The highest BCUT2D eigenvalue weighted by Gasteiger charge is 2.10. The van der Waals surface area contributed by atoms with Gasteiger partial charge in [-0.15, -0.1) is 0 Å². The van der Waals surface area contributed by atoms with Gasteiger partial charge in [0.1, 0.15) is 0 Å². The van der Waals surface area contributed by atoms with Crippen molar-refractivity contribution in [2.24, 2.45) is 0 Å². The Bertz CT molecular complexity index is 461. The molecule has 0 saturated carbocycles. The van der Waals surface area contributed by atoms with E-state index in [1.165, 1.54) is 0 Å². The summed E-state index contributed by atoms with van der Waals surface area (Å²) in [4.78, 5) is 23.9. The molecule has 98 valence electrons. The van der Waals surface area contributed by atoms with Crippen molar-refractivity contribution in [3.8, 4) is 0 Å². The summed E-state index contributed by atoms with van der Waals surface area (Å²) in [5, 5.41) is 11.2. The Kier molecular flexibility index (Phi) is 5.15. The highest BCUT2D eigenvalue weighted by Crippen LogP contribution is 2.28. The number of aliphatic carboxylic acids is 1. The molecule has 0 unspecified atom stereocenters. The van der Waals surface area contributed by atoms with Crippen molar-refractivity contribution >= 4 is 39.2 Å². The molecule has 0 heterocycles. The van der Waals surface area contributed by atoms with Crippen LogP contribution in [0.1, 0.15) is 12.8 Å². The van der Waals surface area contributed by atoms with Crippen molar-refractivity contribution in [2.75, 3.05) is 24.3 Å². The van der Waals surface area contributed by atoms with Crippen LogP contribution in [0.15, 0.2) is 22.7 Å². The number of rotatable bonds is 5. The topological polar surface area (TPSA) is 69.6 Å². The van der Waals surface area contributed by atoms with E-state index in [1.807, 2.05) is 31.1 Å². The Labute approximate surface area is 114 Å². The fourth-order valence-electron chi connectivity index (χ4n) is 1.43. The summed E-state index contributed by atoms with van der Waals surface area (Å²) in [5.74, 6) is -1.29. The molecule has 2 N–H and O–H groups in total. The predicted molar refractivity (Wildman–Crippen MR) is 74.0 cm³/mol. The van der Waals surface area contributed by atoms with Crippen molar-refractivity contribution in [3.05, 3.63) is 22.7 Å². The third-order valence-corrected chi connectivity index (χ3v) is 2.77. The van der Waals surface area contributed by atoms with Gasteiger partial charge in [-0.2, -0.15) is 0 Å². The molecule has 0 radical (unpaired) electrons. The van der Waals surface area contributed by atoms with Crippen molar-refractivity contribution < 1.29 is 14.7 Å². The normalized spacial score (nSPS) is 9.94. The molecule has 0 fully saturated rings. The SMILES string of the molecule is CN(C)c1ccc(Br)cc1NC(=O)CCC(=O)O. The second-order valence-electron chi connectivity index (χ2n) is 4.00. The fourth-order valence-corrected chi connectivity index (χ4v) is 1.79. The van der Waals surface area contributed by atoms with Gasteiger partial charge in [-0.3, -0.25) is 9.59 Å². The lowest BCUT2D eigenvalue weighted by molar-refractivity contribution is -0.138. The minimum atomic E-state index is -0.979. The molecule has 0 aliphatic carbocycles. The maximum atomic E-state index is 11.6. The Hall–Kier alpha value is -1.56. The molecule has 1 amide bonds. The number of carbonyl (C=O) groups excluding carboxylic acids is 1. The van der Waals surface area contributed by atoms with Crippen molar-refractivity contribution in [1.82, 2.24) is 0 Å². The number of nitrogens with one attached hydrogen (secondary N) is 1. The number of halogens is 1. The van der Waals surface area contributed by atoms with Crippen LogP contribution in [0.4, 0.5) is 11.4 Å². The average molecular weight is 315 g/mol. The van der Waals surface area contributed by atoms with Gasteiger partial charge >= 0.3 is 5.97 Å². The fraction of sp³-hybridized carbons (Fsp3) is 0.333. The summed E-state index contributed by atoms with van der Waals surface area (Å²) >= 11 is 3.33. The largest absolute Gasteiger partial charge is 0.481 e. The van der Waals surface area contributed by atoms with Crippen LogP contribution < -0.4 is 10.2 Å². The van der Waals surface area contributed by atoms with Crippen molar-refractivity contribution in [3.63, 3.8) is 0 Å². The van der Waals surface area contributed by atoms with Crippen LogP contribution in [-0.2, 0) is 9.59 Å². The lowest BCUT2D eigenvalue weighted by Gasteiger charge is -2.18. The van der Waals surface area contributed by atoms with Gasteiger partial charge < -0.3 is 15.3 Å². The van der Waals surface area contributed by atoms with Crippen LogP contribution in [0.5, 0.6) is 0 Å². The number of anilines is 2. The molecule has 1 rings (SSSR count). The number of hydrogen-bond donors (Lipinski definition) is 2. The number of carbonyl (C=O) groups is 2. The summed E-state index contributed by atoms with van der Waals surface area (Å²) < 4.78 is 0.849. The number of amides is 1. The van der Waals surface area contributed by atoms with Gasteiger partial charge in [-0.05, 0) is 18.2 Å². The first kappa shape index (κ1) is 14.5. The summed E-state index contributed by atoms with van der Waals surface area (Å²) in [7, 11) is 3.74. The van der Waals surface area contributed by atoms with Gasteiger partial charge in [0, 0.05) is 25.0 Å². The Morgan fingerprint density at radius 1 is 1.33 bits per heavy atom. The highest BCUT2D eigenvalue weighted by molar-refractivity contribution is 9.10. The van der Waals surface area contributed by atoms with E-state index in [1.54, 1.807) is 6.07 Å². The lowest BCUT2D eigenvalue weighted by atomic mass is 10.2. The first-order valence-electron chi connectivity index (χ1n) is 5.38. The van der Waals surface area contributed by atoms with Gasteiger partial charge in [-0.25, -0.2) is 0 Å². The molecule has 0 spiro atoms. The summed E-state index contributed by atoms with van der Waals surface area (Å²) in [6, 6.07) is 5.53. The molecule has 18 heavy (non-hydrogen) atoms. The molecule has 0 atom stereocenters. The predicted octanol–water partition coefficient (Wildman–Crippen LogP) is 2.32. The van der Waals surface area contributed by atoms with Gasteiger partial charge in [-0.1, -0.05) is 15.9 Å². The molecule has 0 saturated heterocycles. The molecule has 1 aromatic rings. The molecular formula is C12H15BrN2O3. The minimum absolute atomic E-state index is 0.0330. The van der Waals surface area contributed by atoms with Crippen LogP contribution in [0.2, 0.25) is 0 Å². The monoisotopic (exact) mass is 314 g/mol. The van der Waals surface area contributed by atoms with Gasteiger partial charge in [0.2, 0.25) is 5.91 Å². The number of carboxylic acids is 1. The quantitative estimate of drug-likeness (QED) is 0.875. The lowest BCUT2D eigenvalue weighted by Crippen LogP contribution is -2.17. The molecular weight excluding hydrogens is 300 g/mol. The van der Waals surface area contributed by atoms with Crippen molar-refractivity contribution in [1.29, 1.82) is 0 Å². The number of nitrogens with zero attached hydrogens (tertiary/aromatic N) is 1. The molecule has 0 aliphatic rings. The van der Waals surface area contributed by atoms with E-state index in [0.717, 1.165) is 10.2 Å². The average Bonchev–Trinajstić information content (AvgIpc) is 2.26. The minimum Gasteiger partial charge on any atom is -0.481 e. The maximum Gasteiger partial charge on any atom is 0.303 e. The van der Waals surface area contributed by atoms with E-state index in [9.17, 15) is 9.59 Å². The van der Waals surface area contributed by atoms with E-state index in [2.05, 4.69) is 21.2 Å². The third kappa shape index (κ3) is 4.37. The number of benzene rings is 1. The Morgan fingerprint density at radius 2 is 2.00 bits per heavy atom. The van der Waals surface area contributed by atoms with E-state index < -0.39 is 5.97 Å². The summed E-state index contributed by atoms with van der Waals surface area (Å²) in [6.45, 7) is 0. The van der Waals surface area contributed by atoms with Crippen LogP contribution >= 0.6 is 15.9 Å². The molecule has 0 aliphatic heterocycles. The molecule has 5 nitrogen and oxygen atoms in total. The second-order valence-corrected chi connectivity index (χ2v) is 4.91. The van der Waals surface area contributed by atoms with Crippen molar-refractivity contribution in [2.45, 2.75) is 12.8 Å². The summed E-state index contributed by atoms with van der Waals surface area (Å²) in [5.41, 5.74) is 1.52. The maximum absolute atomic E-state index is 11.6. The van der Waals surface area contributed by atoms with E-state index in [0.29, 0.717) is 5.69 Å². The van der Waals surface area contributed by atoms with E-state index in [-0.39, 0.29) is 18.7 Å². The molecule has 6 heteroatoms. The van der Waals surface area contributed by atoms with Gasteiger partial charge in [0.25, 0.3) is 0 Å². The number of carboxylic acid groups (broad SMARTS) is 1. The first-order valence-corrected chi connectivity index (χ1v) is 6.18. The highest BCUT2D eigenvalue weighted by atomic mass is 79.9. The Morgan fingerprint density at radius 3 is 2.56 bits per heavy atom. The van der Waals surface area contributed by atoms with Crippen LogP contribution in [0, 0.1) is 0 Å². The smallest absolute Gasteiger partial charge is 0.303 e. The number of hydrogen-bond acceptors (Lipinski definition) is 3. The first-order chi connectivity index (χ1) is 8.40. The zero-order valence-electron chi connectivity index (χ0n) is 10.2. The second kappa shape index (κ2) is 6.39. The molecule has 0 bridgehead atoms. The Balaban J connectivity index is 2.79. The molecule has 0 aromatic heterocycles. The third-order valence-electron chi connectivity index (χ3n) is 2.28. The van der Waals surface area contributed by atoms with Gasteiger partial charge in [0.15, 0.2) is 0 Å². The van der Waals surface area contributed by atoms with E-state index in [4.69, 9.17) is 5.11 Å². The zero-order valence-corrected chi connectivity index (χ0v) is 11.8. The van der Waals surface area contributed by atoms with Crippen LogP contribution in [0.25, 0.3) is 0 Å². The van der Waals surface area contributed by atoms with Crippen LogP contribution in [0.3, 0.4) is 0 Å². The molecule has 1 aromatic carbocycles. The summed E-state index contributed by atoms with van der Waals surface area (Å²) in [6.07, 6.45) is -0.203. The standard InChI is InChI=1S/C12H15BrN2O3/c1-15(2)10-4-3-8(13)7-9(10)14-11(16)5-6-12(17)18/h3-4,7H,5-6H2,1-2H3,(H,14,16)(H,17,18). The van der Waals surface area contributed by atoms with Crippen LogP contribution in [-0.4, -0.2) is 31.1 Å². The zero-order chi connectivity index (χ0) is 13.7.